The first-order valence-corrected chi connectivity index (χ1v) is 8.97. The fourth-order valence-corrected chi connectivity index (χ4v) is 3.52. The van der Waals surface area contributed by atoms with Gasteiger partial charge in [-0.25, -0.2) is 9.59 Å². The van der Waals surface area contributed by atoms with Crippen LogP contribution in [0.1, 0.15) is 32.1 Å². The summed E-state index contributed by atoms with van der Waals surface area (Å²) in [6.45, 7) is 1.51. The maximum Gasteiger partial charge on any atom is 0.419 e. The molecule has 1 aromatic heterocycles. The lowest BCUT2D eigenvalue weighted by Gasteiger charge is -2.36. The third-order valence-corrected chi connectivity index (χ3v) is 4.81. The number of urea groups is 1. The predicted octanol–water partition coefficient (Wildman–Crippen LogP) is 1.42. The summed E-state index contributed by atoms with van der Waals surface area (Å²) in [5.41, 5.74) is 6.43. The van der Waals surface area contributed by atoms with E-state index in [-0.39, 0.29) is 11.9 Å². The molecule has 2 heterocycles. The molecule has 0 spiro atoms. The fourth-order valence-electron chi connectivity index (χ4n) is 3.52. The van der Waals surface area contributed by atoms with E-state index in [0.717, 1.165) is 24.8 Å². The van der Waals surface area contributed by atoms with Crippen LogP contribution in [-0.2, 0) is 11.3 Å². The number of piperidine rings is 1. The number of nitrogens with zero attached hydrogens (tertiary/aromatic N) is 2. The molecule has 0 aliphatic carbocycles. The van der Waals surface area contributed by atoms with E-state index in [9.17, 15) is 14.4 Å². The van der Waals surface area contributed by atoms with Gasteiger partial charge >= 0.3 is 11.8 Å². The molecule has 0 unspecified atom stereocenters. The Hall–Kier alpha value is -2.77. The summed E-state index contributed by atoms with van der Waals surface area (Å²) in [4.78, 5) is 37.3. The number of carbonyl (C=O) groups is 2. The van der Waals surface area contributed by atoms with Crippen LogP contribution >= 0.6 is 0 Å². The van der Waals surface area contributed by atoms with Crippen LogP contribution in [0.4, 0.5) is 4.79 Å². The molecule has 2 aromatic rings. The number of amides is 3. The van der Waals surface area contributed by atoms with Gasteiger partial charge in [0.2, 0.25) is 5.91 Å². The van der Waals surface area contributed by atoms with Gasteiger partial charge in [-0.2, -0.15) is 0 Å². The number of likely N-dealkylation sites (tertiary alicyclic amines) is 1. The van der Waals surface area contributed by atoms with E-state index in [0.29, 0.717) is 38.1 Å². The first kappa shape index (κ1) is 18.0. The number of aryl methyl sites for hydroxylation is 1. The van der Waals surface area contributed by atoms with Gasteiger partial charge in [-0.05, 0) is 37.8 Å². The Morgan fingerprint density at radius 1 is 1.27 bits per heavy atom. The standard InChI is InChI=1S/C18H24N4O4/c19-17(24)20-12-13-6-3-4-10-21(13)16(23)9-5-11-22-14-7-1-2-8-15(14)26-18(22)25/h1-2,7-8,13H,3-6,9-12H2,(H3,19,20,24)/t13-/m1/s1. The van der Waals surface area contributed by atoms with Crippen molar-refractivity contribution in [3.8, 4) is 0 Å². The molecule has 3 rings (SSSR count). The SMILES string of the molecule is NC(=O)NC[C@H]1CCCCN1C(=O)CCCn1c(=O)oc2ccccc21. The molecule has 0 radical (unpaired) electrons. The zero-order valence-electron chi connectivity index (χ0n) is 14.6. The number of nitrogens with one attached hydrogen (secondary N) is 1. The zero-order chi connectivity index (χ0) is 18.5. The largest absolute Gasteiger partial charge is 0.419 e. The average Bonchev–Trinajstić information content (AvgIpc) is 2.95. The number of oxazole rings is 1. The number of fused-ring (bicyclic) bond motifs is 1. The van der Waals surface area contributed by atoms with Crippen molar-refractivity contribution in [2.45, 2.75) is 44.7 Å². The molecule has 26 heavy (non-hydrogen) atoms. The van der Waals surface area contributed by atoms with Crippen LogP contribution < -0.4 is 16.8 Å². The lowest BCUT2D eigenvalue weighted by Crippen LogP contribution is -2.50. The summed E-state index contributed by atoms with van der Waals surface area (Å²) in [6, 6.07) is 6.66. The van der Waals surface area contributed by atoms with Gasteiger partial charge in [0.15, 0.2) is 5.58 Å². The number of hydrogen-bond donors (Lipinski definition) is 2. The van der Waals surface area contributed by atoms with Crippen molar-refractivity contribution in [2.24, 2.45) is 5.73 Å². The molecule has 1 fully saturated rings. The second-order valence-electron chi connectivity index (χ2n) is 6.57. The molecular weight excluding hydrogens is 336 g/mol. The van der Waals surface area contributed by atoms with Crippen molar-refractivity contribution in [1.29, 1.82) is 0 Å². The fraction of sp³-hybridized carbons (Fsp3) is 0.500. The predicted molar refractivity (Wildman–Crippen MR) is 96.6 cm³/mol. The highest BCUT2D eigenvalue weighted by Crippen LogP contribution is 2.18. The van der Waals surface area contributed by atoms with E-state index in [4.69, 9.17) is 10.2 Å². The van der Waals surface area contributed by atoms with Gasteiger partial charge < -0.3 is 20.4 Å². The lowest BCUT2D eigenvalue weighted by molar-refractivity contribution is -0.134. The van der Waals surface area contributed by atoms with Crippen LogP contribution in [0.25, 0.3) is 11.1 Å². The van der Waals surface area contributed by atoms with Crippen LogP contribution in [0.5, 0.6) is 0 Å². The highest BCUT2D eigenvalue weighted by atomic mass is 16.4. The summed E-state index contributed by atoms with van der Waals surface area (Å²) in [5.74, 6) is -0.359. The van der Waals surface area contributed by atoms with E-state index >= 15 is 0 Å². The van der Waals surface area contributed by atoms with E-state index < -0.39 is 11.8 Å². The highest BCUT2D eigenvalue weighted by molar-refractivity contribution is 5.77. The van der Waals surface area contributed by atoms with Gasteiger partial charge in [-0.3, -0.25) is 9.36 Å². The van der Waals surface area contributed by atoms with Crippen molar-refractivity contribution in [2.75, 3.05) is 13.1 Å². The number of hydrogen-bond acceptors (Lipinski definition) is 4. The van der Waals surface area contributed by atoms with Crippen LogP contribution in [0.15, 0.2) is 33.5 Å². The number of benzene rings is 1. The zero-order valence-corrected chi connectivity index (χ0v) is 14.6. The van der Waals surface area contributed by atoms with Gasteiger partial charge in [-0.1, -0.05) is 12.1 Å². The summed E-state index contributed by atoms with van der Waals surface area (Å²) < 4.78 is 6.76. The highest BCUT2D eigenvalue weighted by Gasteiger charge is 2.26. The molecular formula is C18H24N4O4. The van der Waals surface area contributed by atoms with E-state index in [2.05, 4.69) is 5.32 Å². The maximum atomic E-state index is 12.6. The summed E-state index contributed by atoms with van der Waals surface area (Å²) in [5, 5.41) is 2.59. The minimum Gasteiger partial charge on any atom is -0.408 e. The third kappa shape index (κ3) is 4.07. The molecule has 8 nitrogen and oxygen atoms in total. The van der Waals surface area contributed by atoms with E-state index in [1.807, 2.05) is 23.1 Å². The van der Waals surface area contributed by atoms with Crippen molar-refractivity contribution >= 4 is 23.0 Å². The lowest BCUT2D eigenvalue weighted by atomic mass is 10.0. The second-order valence-corrected chi connectivity index (χ2v) is 6.57. The quantitative estimate of drug-likeness (QED) is 0.811. The second kappa shape index (κ2) is 8.07. The molecule has 3 N–H and O–H groups in total. The monoisotopic (exact) mass is 360 g/mol. The van der Waals surface area contributed by atoms with Gasteiger partial charge in [-0.15, -0.1) is 0 Å². The molecule has 1 aromatic carbocycles. The van der Waals surface area contributed by atoms with Crippen molar-refractivity contribution in [3.05, 3.63) is 34.8 Å². The number of aromatic nitrogens is 1. The van der Waals surface area contributed by atoms with Crippen LogP contribution in [0.3, 0.4) is 0 Å². The molecule has 1 atom stereocenters. The minimum absolute atomic E-state index is 0.0128. The van der Waals surface area contributed by atoms with Crippen LogP contribution in [0.2, 0.25) is 0 Å². The molecule has 1 aliphatic heterocycles. The van der Waals surface area contributed by atoms with Crippen LogP contribution in [0, 0.1) is 0 Å². The first-order chi connectivity index (χ1) is 12.6. The Kier molecular flexibility index (Phi) is 5.60. The van der Waals surface area contributed by atoms with Crippen molar-refractivity contribution in [3.63, 3.8) is 0 Å². The van der Waals surface area contributed by atoms with E-state index in [1.54, 1.807) is 10.6 Å². The number of para-hydroxylation sites is 2. The normalized spacial score (nSPS) is 17.4. The maximum absolute atomic E-state index is 12.6. The van der Waals surface area contributed by atoms with E-state index in [1.165, 1.54) is 0 Å². The summed E-state index contributed by atoms with van der Waals surface area (Å²) >= 11 is 0. The number of rotatable bonds is 6. The topological polar surface area (TPSA) is 111 Å². The molecule has 0 saturated carbocycles. The minimum atomic E-state index is -0.575. The van der Waals surface area contributed by atoms with Gasteiger partial charge in [0.25, 0.3) is 0 Å². The van der Waals surface area contributed by atoms with Gasteiger partial charge in [0.05, 0.1) is 5.52 Å². The Morgan fingerprint density at radius 2 is 2.08 bits per heavy atom. The molecule has 3 amide bonds. The Labute approximate surface area is 150 Å². The molecule has 0 bridgehead atoms. The van der Waals surface area contributed by atoms with Crippen molar-refractivity contribution in [1.82, 2.24) is 14.8 Å². The Bertz CT molecular complexity index is 841. The molecule has 1 aliphatic rings. The number of carbonyl (C=O) groups excluding carboxylic acids is 2. The summed E-state index contributed by atoms with van der Waals surface area (Å²) in [7, 11) is 0. The first-order valence-electron chi connectivity index (χ1n) is 8.97. The van der Waals surface area contributed by atoms with Crippen molar-refractivity contribution < 1.29 is 14.0 Å². The average molecular weight is 360 g/mol. The Morgan fingerprint density at radius 3 is 2.88 bits per heavy atom. The van der Waals surface area contributed by atoms with Gasteiger partial charge in [0.1, 0.15) is 0 Å². The summed E-state index contributed by atoms with van der Waals surface area (Å²) in [6.07, 6.45) is 3.75. The molecule has 140 valence electrons. The van der Waals surface area contributed by atoms with Gasteiger partial charge in [0, 0.05) is 32.1 Å². The molecule has 1 saturated heterocycles. The number of nitrogens with two attached hydrogens (primary N) is 1. The number of primary amides is 1. The third-order valence-electron chi connectivity index (χ3n) is 4.81. The van der Waals surface area contributed by atoms with Crippen LogP contribution in [-0.4, -0.2) is 40.5 Å². The molecule has 8 heteroatoms. The smallest absolute Gasteiger partial charge is 0.408 e. The Balaban J connectivity index is 1.58.